The summed E-state index contributed by atoms with van der Waals surface area (Å²) in [7, 11) is 1.93. The molecule has 1 aromatic heterocycles. The smallest absolute Gasteiger partial charge is 0.335 e. The van der Waals surface area contributed by atoms with Gasteiger partial charge in [-0.25, -0.2) is 4.79 Å². The molecule has 1 N–H and O–H groups in total. The maximum absolute atomic E-state index is 12.7. The van der Waals surface area contributed by atoms with Gasteiger partial charge >= 0.3 is 5.97 Å². The Morgan fingerprint density at radius 2 is 2.00 bits per heavy atom. The number of carboxylic acids is 1. The fourth-order valence-corrected chi connectivity index (χ4v) is 3.53. The summed E-state index contributed by atoms with van der Waals surface area (Å²) in [4.78, 5) is 31.9. The van der Waals surface area contributed by atoms with Crippen molar-refractivity contribution < 1.29 is 14.7 Å². The summed E-state index contributed by atoms with van der Waals surface area (Å²) in [6.45, 7) is 2.46. The van der Waals surface area contributed by atoms with Crippen LogP contribution in [0.15, 0.2) is 48.7 Å². The highest BCUT2D eigenvalue weighted by Crippen LogP contribution is 2.27. The van der Waals surface area contributed by atoms with Gasteiger partial charge in [-0.05, 0) is 49.7 Å². The second-order valence-corrected chi connectivity index (χ2v) is 7.10. The van der Waals surface area contributed by atoms with Crippen LogP contribution in [0.1, 0.15) is 40.4 Å². The number of pyridine rings is 1. The summed E-state index contributed by atoms with van der Waals surface area (Å²) in [5.74, 6) is -0.537. The maximum atomic E-state index is 12.7. The lowest BCUT2D eigenvalue weighted by Gasteiger charge is -2.34. The molecule has 142 valence electrons. The number of amides is 1. The van der Waals surface area contributed by atoms with Crippen LogP contribution in [-0.4, -0.2) is 58.4 Å². The number of piperidine rings is 1. The van der Waals surface area contributed by atoms with Gasteiger partial charge in [-0.15, -0.1) is 0 Å². The van der Waals surface area contributed by atoms with E-state index in [0.717, 1.165) is 30.6 Å². The number of likely N-dealkylation sites (N-methyl/N-ethyl adjacent to an activating group) is 1. The van der Waals surface area contributed by atoms with Crippen LogP contribution in [0.4, 0.5) is 0 Å². The minimum absolute atomic E-state index is 0.125. The summed E-state index contributed by atoms with van der Waals surface area (Å²) in [6, 6.07) is 12.8. The highest BCUT2D eigenvalue weighted by molar-refractivity contribution is 5.87. The molecule has 0 radical (unpaired) electrons. The molecule has 1 fully saturated rings. The third-order valence-electron chi connectivity index (χ3n) is 4.97. The van der Waals surface area contributed by atoms with E-state index in [4.69, 9.17) is 5.11 Å². The summed E-state index contributed by atoms with van der Waals surface area (Å²) < 4.78 is 0. The highest BCUT2D eigenvalue weighted by atomic mass is 16.4. The molecule has 0 spiro atoms. The number of carbonyl (C=O) groups excluding carboxylic acids is 1. The molecular weight excluding hydrogens is 342 g/mol. The molecule has 1 aliphatic heterocycles. The van der Waals surface area contributed by atoms with Gasteiger partial charge in [0.05, 0.1) is 17.8 Å². The number of hydrogen-bond acceptors (Lipinski definition) is 4. The van der Waals surface area contributed by atoms with Gasteiger partial charge in [-0.1, -0.05) is 18.2 Å². The van der Waals surface area contributed by atoms with Crippen molar-refractivity contribution in [2.24, 2.45) is 0 Å². The lowest BCUT2D eigenvalue weighted by Crippen LogP contribution is -2.43. The van der Waals surface area contributed by atoms with Crippen LogP contribution in [-0.2, 0) is 11.3 Å². The number of aromatic nitrogens is 1. The molecule has 3 rings (SSSR count). The lowest BCUT2D eigenvalue weighted by molar-refractivity contribution is -0.133. The highest BCUT2D eigenvalue weighted by Gasteiger charge is 2.25. The Morgan fingerprint density at radius 1 is 1.22 bits per heavy atom. The third kappa shape index (κ3) is 5.14. The summed E-state index contributed by atoms with van der Waals surface area (Å²) >= 11 is 0. The second kappa shape index (κ2) is 8.77. The molecule has 0 aliphatic carbocycles. The fourth-order valence-electron chi connectivity index (χ4n) is 3.53. The van der Waals surface area contributed by atoms with Crippen molar-refractivity contribution in [1.82, 2.24) is 14.8 Å². The minimum Gasteiger partial charge on any atom is -0.478 e. The van der Waals surface area contributed by atoms with Gasteiger partial charge in [0.2, 0.25) is 5.91 Å². The van der Waals surface area contributed by atoms with E-state index in [2.05, 4.69) is 4.98 Å². The molecule has 27 heavy (non-hydrogen) atoms. The van der Waals surface area contributed by atoms with E-state index in [1.165, 1.54) is 0 Å². The number of aromatic carboxylic acids is 1. The zero-order valence-electron chi connectivity index (χ0n) is 15.5. The van der Waals surface area contributed by atoms with Crippen LogP contribution in [0, 0.1) is 0 Å². The largest absolute Gasteiger partial charge is 0.478 e. The maximum Gasteiger partial charge on any atom is 0.335 e. The van der Waals surface area contributed by atoms with E-state index in [0.29, 0.717) is 25.2 Å². The van der Waals surface area contributed by atoms with Crippen LogP contribution in [0.2, 0.25) is 0 Å². The average molecular weight is 367 g/mol. The number of nitrogens with zero attached hydrogens (tertiary/aromatic N) is 3. The number of carbonyl (C=O) groups is 2. The number of carboxylic acid groups (broad SMARTS) is 1. The van der Waals surface area contributed by atoms with E-state index in [-0.39, 0.29) is 11.8 Å². The molecule has 2 heterocycles. The topological polar surface area (TPSA) is 73.7 Å². The Labute approximate surface area is 159 Å². The Balaban J connectivity index is 1.56. The first-order chi connectivity index (χ1) is 13.0. The monoisotopic (exact) mass is 367 g/mol. The normalized spacial score (nSPS) is 17.1. The van der Waals surface area contributed by atoms with E-state index in [1.807, 2.05) is 47.2 Å². The van der Waals surface area contributed by atoms with Gasteiger partial charge in [-0.3, -0.25) is 14.7 Å². The van der Waals surface area contributed by atoms with Crippen molar-refractivity contribution in [2.45, 2.75) is 25.3 Å². The number of likely N-dealkylation sites (tertiary alicyclic amines) is 1. The standard InChI is InChI=1S/C21H25N3O3/c1-23(14-19-6-2-3-11-22-19)15-20(25)24-12-4-5-18(13-24)16-7-9-17(10-8-16)21(26)27/h2-3,6-11,18H,4-5,12-15H2,1H3,(H,26,27)/t18-/m0/s1. The SMILES string of the molecule is CN(CC(=O)N1CCC[C@H](c2ccc(C(=O)O)cc2)C1)Cc1ccccn1. The van der Waals surface area contributed by atoms with Crippen LogP contribution in [0.3, 0.4) is 0 Å². The number of benzene rings is 1. The zero-order chi connectivity index (χ0) is 19.2. The van der Waals surface area contributed by atoms with Gasteiger partial charge in [0.15, 0.2) is 0 Å². The third-order valence-corrected chi connectivity index (χ3v) is 4.97. The van der Waals surface area contributed by atoms with Gasteiger partial charge in [0.25, 0.3) is 0 Å². The molecule has 1 aliphatic rings. The van der Waals surface area contributed by atoms with Gasteiger partial charge < -0.3 is 10.0 Å². The molecule has 6 nitrogen and oxygen atoms in total. The molecule has 1 aromatic carbocycles. The van der Waals surface area contributed by atoms with Crippen LogP contribution >= 0.6 is 0 Å². The van der Waals surface area contributed by atoms with Crippen LogP contribution in [0.5, 0.6) is 0 Å². The molecular formula is C21H25N3O3. The molecule has 6 heteroatoms. The quantitative estimate of drug-likeness (QED) is 0.850. The van der Waals surface area contributed by atoms with E-state index in [1.54, 1.807) is 18.3 Å². The Hall–Kier alpha value is -2.73. The number of hydrogen-bond donors (Lipinski definition) is 1. The molecule has 1 amide bonds. The molecule has 1 saturated heterocycles. The van der Waals surface area contributed by atoms with Crippen molar-refractivity contribution in [3.63, 3.8) is 0 Å². The zero-order valence-corrected chi connectivity index (χ0v) is 15.5. The molecule has 0 bridgehead atoms. The lowest BCUT2D eigenvalue weighted by atomic mass is 9.90. The number of rotatable bonds is 6. The fraction of sp³-hybridized carbons (Fsp3) is 0.381. The molecule has 0 unspecified atom stereocenters. The predicted molar refractivity (Wildman–Crippen MR) is 103 cm³/mol. The van der Waals surface area contributed by atoms with Crippen molar-refractivity contribution >= 4 is 11.9 Å². The van der Waals surface area contributed by atoms with Crippen molar-refractivity contribution in [2.75, 3.05) is 26.7 Å². The van der Waals surface area contributed by atoms with Gasteiger partial charge in [0.1, 0.15) is 0 Å². The second-order valence-electron chi connectivity index (χ2n) is 7.10. The van der Waals surface area contributed by atoms with E-state index < -0.39 is 5.97 Å². The van der Waals surface area contributed by atoms with Crippen LogP contribution in [0.25, 0.3) is 0 Å². The Morgan fingerprint density at radius 3 is 2.67 bits per heavy atom. The first-order valence-corrected chi connectivity index (χ1v) is 9.22. The molecule has 1 atom stereocenters. The van der Waals surface area contributed by atoms with Crippen molar-refractivity contribution in [1.29, 1.82) is 0 Å². The van der Waals surface area contributed by atoms with Crippen LogP contribution < -0.4 is 0 Å². The summed E-state index contributed by atoms with van der Waals surface area (Å²) in [5.41, 5.74) is 2.33. The van der Waals surface area contributed by atoms with Gasteiger partial charge in [-0.2, -0.15) is 0 Å². The Bertz CT molecular complexity index is 777. The van der Waals surface area contributed by atoms with Gasteiger partial charge in [0, 0.05) is 31.7 Å². The summed E-state index contributed by atoms with van der Waals surface area (Å²) in [6.07, 6.45) is 3.73. The van der Waals surface area contributed by atoms with E-state index >= 15 is 0 Å². The average Bonchev–Trinajstić information content (AvgIpc) is 2.69. The first-order valence-electron chi connectivity index (χ1n) is 9.22. The first kappa shape index (κ1) is 19.0. The molecule has 2 aromatic rings. The Kier molecular flexibility index (Phi) is 6.19. The van der Waals surface area contributed by atoms with Crippen molar-refractivity contribution in [3.05, 3.63) is 65.5 Å². The predicted octanol–water partition coefficient (Wildman–Crippen LogP) is 2.62. The minimum atomic E-state index is -0.919. The van der Waals surface area contributed by atoms with Crippen molar-refractivity contribution in [3.8, 4) is 0 Å². The summed E-state index contributed by atoms with van der Waals surface area (Å²) in [5, 5.41) is 9.03. The molecule has 0 saturated carbocycles. The van der Waals surface area contributed by atoms with E-state index in [9.17, 15) is 9.59 Å².